The van der Waals surface area contributed by atoms with Gasteiger partial charge in [-0.05, 0) is 55.4 Å². The van der Waals surface area contributed by atoms with E-state index in [1.54, 1.807) is 6.07 Å². The summed E-state index contributed by atoms with van der Waals surface area (Å²) in [4.78, 5) is 28.9. The van der Waals surface area contributed by atoms with E-state index in [1.807, 2.05) is 48.2 Å². The Morgan fingerprint density at radius 3 is 2.45 bits per heavy atom. The molecule has 0 saturated carbocycles. The molecule has 2 aromatic carbocycles. The Kier molecular flexibility index (Phi) is 9.09. The Balaban J connectivity index is 1.53. The van der Waals surface area contributed by atoms with Crippen LogP contribution in [0.1, 0.15) is 48.5 Å². The number of rotatable bonds is 7. The zero-order chi connectivity index (χ0) is 23.8. The quantitative estimate of drug-likeness (QED) is 0.425. The molecule has 8 heteroatoms. The van der Waals surface area contributed by atoms with Crippen molar-refractivity contribution in [1.82, 2.24) is 10.2 Å². The molecule has 1 aliphatic rings. The minimum Gasteiger partial charge on any atom is -0.367 e. The molecule has 1 heterocycles. The molecule has 3 rings (SSSR count). The number of nitrogens with one attached hydrogen (secondary N) is 2. The number of hydrogen-bond donors (Lipinski definition) is 2. The van der Waals surface area contributed by atoms with Crippen LogP contribution in [0.15, 0.2) is 42.5 Å². The standard InChI is InChI=1S/C25H31ClN4O2S/c1-3-4-5-10-23(31)28-25(33)27-19-11-12-22(21(26)17-19)29-13-15-30(16-14-29)24(32)20-9-7-6-8-18(20)2/h6-9,11-12,17H,3-5,10,13-16H2,1-2H3,(H2,27,28,31,33). The number of amides is 2. The fraction of sp³-hybridized carbons (Fsp3) is 0.400. The second kappa shape index (κ2) is 12.0. The molecular formula is C25H31ClN4O2S. The molecule has 33 heavy (non-hydrogen) atoms. The van der Waals surface area contributed by atoms with Crippen molar-refractivity contribution in [2.24, 2.45) is 0 Å². The number of carbonyl (C=O) groups is 2. The summed E-state index contributed by atoms with van der Waals surface area (Å²) in [6.07, 6.45) is 3.42. The Morgan fingerprint density at radius 2 is 1.79 bits per heavy atom. The molecule has 0 aromatic heterocycles. The van der Waals surface area contributed by atoms with Crippen LogP contribution < -0.4 is 15.5 Å². The monoisotopic (exact) mass is 486 g/mol. The highest BCUT2D eigenvalue weighted by atomic mass is 35.5. The van der Waals surface area contributed by atoms with E-state index in [0.29, 0.717) is 37.6 Å². The molecule has 176 valence electrons. The van der Waals surface area contributed by atoms with Gasteiger partial charge in [-0.15, -0.1) is 0 Å². The highest BCUT2D eigenvalue weighted by Crippen LogP contribution is 2.30. The van der Waals surface area contributed by atoms with Crippen LogP contribution in [0.3, 0.4) is 0 Å². The van der Waals surface area contributed by atoms with Gasteiger partial charge in [0.1, 0.15) is 0 Å². The summed E-state index contributed by atoms with van der Waals surface area (Å²) >= 11 is 11.8. The molecule has 6 nitrogen and oxygen atoms in total. The molecule has 0 atom stereocenters. The first-order valence-electron chi connectivity index (χ1n) is 11.4. The normalized spacial score (nSPS) is 13.5. The second-order valence-electron chi connectivity index (χ2n) is 8.22. The van der Waals surface area contributed by atoms with Crippen LogP contribution >= 0.6 is 23.8 Å². The third kappa shape index (κ3) is 6.92. The summed E-state index contributed by atoms with van der Waals surface area (Å²) in [5.41, 5.74) is 3.38. The highest BCUT2D eigenvalue weighted by Gasteiger charge is 2.24. The van der Waals surface area contributed by atoms with Crippen molar-refractivity contribution in [3.05, 3.63) is 58.6 Å². The van der Waals surface area contributed by atoms with E-state index in [9.17, 15) is 9.59 Å². The lowest BCUT2D eigenvalue weighted by atomic mass is 10.1. The van der Waals surface area contributed by atoms with Crippen LogP contribution in [0.5, 0.6) is 0 Å². The Morgan fingerprint density at radius 1 is 1.06 bits per heavy atom. The Hall–Kier alpha value is -2.64. The van der Waals surface area contributed by atoms with E-state index in [0.717, 1.165) is 41.8 Å². The maximum atomic E-state index is 12.9. The third-order valence-electron chi connectivity index (χ3n) is 5.75. The smallest absolute Gasteiger partial charge is 0.254 e. The van der Waals surface area contributed by atoms with E-state index in [4.69, 9.17) is 23.8 Å². The van der Waals surface area contributed by atoms with Crippen molar-refractivity contribution in [1.29, 1.82) is 0 Å². The number of piperazine rings is 1. The predicted octanol–water partition coefficient (Wildman–Crippen LogP) is 5.00. The molecule has 0 radical (unpaired) electrons. The molecule has 0 bridgehead atoms. The van der Waals surface area contributed by atoms with E-state index in [1.165, 1.54) is 0 Å². The number of hydrogen-bond acceptors (Lipinski definition) is 4. The van der Waals surface area contributed by atoms with Gasteiger partial charge < -0.3 is 20.4 Å². The van der Waals surface area contributed by atoms with Gasteiger partial charge in [-0.3, -0.25) is 9.59 Å². The lowest BCUT2D eigenvalue weighted by Gasteiger charge is -2.36. The summed E-state index contributed by atoms with van der Waals surface area (Å²) in [7, 11) is 0. The number of unbranched alkanes of at least 4 members (excludes halogenated alkanes) is 2. The molecule has 1 aliphatic heterocycles. The maximum Gasteiger partial charge on any atom is 0.254 e. The molecule has 1 saturated heterocycles. The van der Waals surface area contributed by atoms with Crippen molar-refractivity contribution in [2.45, 2.75) is 39.5 Å². The largest absolute Gasteiger partial charge is 0.367 e. The fourth-order valence-corrected chi connectivity index (χ4v) is 4.39. The molecule has 2 amide bonds. The minimum atomic E-state index is -0.0817. The zero-order valence-corrected chi connectivity index (χ0v) is 20.8. The molecule has 1 fully saturated rings. The summed E-state index contributed by atoms with van der Waals surface area (Å²) in [6.45, 7) is 6.74. The average molecular weight is 487 g/mol. The predicted molar refractivity (Wildman–Crippen MR) is 139 cm³/mol. The van der Waals surface area contributed by atoms with Gasteiger partial charge in [-0.25, -0.2) is 0 Å². The van der Waals surface area contributed by atoms with E-state index in [2.05, 4.69) is 22.5 Å². The molecule has 0 aliphatic carbocycles. The van der Waals surface area contributed by atoms with Gasteiger partial charge in [0.25, 0.3) is 5.91 Å². The van der Waals surface area contributed by atoms with Crippen molar-refractivity contribution in [3.8, 4) is 0 Å². The van der Waals surface area contributed by atoms with Gasteiger partial charge >= 0.3 is 0 Å². The number of halogens is 1. The van der Waals surface area contributed by atoms with Crippen molar-refractivity contribution in [3.63, 3.8) is 0 Å². The molecule has 2 aromatic rings. The van der Waals surface area contributed by atoms with E-state index >= 15 is 0 Å². The Bertz CT molecular complexity index is 1010. The van der Waals surface area contributed by atoms with Crippen molar-refractivity contribution in [2.75, 3.05) is 36.4 Å². The first-order valence-corrected chi connectivity index (χ1v) is 12.2. The van der Waals surface area contributed by atoms with Crippen LogP contribution in [-0.2, 0) is 4.79 Å². The number of carbonyl (C=O) groups excluding carboxylic acids is 2. The molecular weight excluding hydrogens is 456 g/mol. The maximum absolute atomic E-state index is 12.9. The lowest BCUT2D eigenvalue weighted by Crippen LogP contribution is -2.49. The topological polar surface area (TPSA) is 64.7 Å². The highest BCUT2D eigenvalue weighted by molar-refractivity contribution is 7.80. The zero-order valence-electron chi connectivity index (χ0n) is 19.2. The van der Waals surface area contributed by atoms with Crippen molar-refractivity contribution < 1.29 is 9.59 Å². The molecule has 2 N–H and O–H groups in total. The SMILES string of the molecule is CCCCCC(=O)NC(=S)Nc1ccc(N2CCN(C(=O)c3ccccc3C)CC2)c(Cl)c1. The number of nitrogens with zero attached hydrogens (tertiary/aromatic N) is 2. The number of aryl methyl sites for hydroxylation is 1. The third-order valence-corrected chi connectivity index (χ3v) is 6.26. The van der Waals surface area contributed by atoms with Gasteiger partial charge in [-0.2, -0.15) is 0 Å². The summed E-state index contributed by atoms with van der Waals surface area (Å²) in [5, 5.41) is 6.59. The average Bonchev–Trinajstić information content (AvgIpc) is 2.79. The Labute approximate surface area is 206 Å². The van der Waals surface area contributed by atoms with E-state index < -0.39 is 0 Å². The summed E-state index contributed by atoms with van der Waals surface area (Å²) < 4.78 is 0. The first-order chi connectivity index (χ1) is 15.9. The van der Waals surface area contributed by atoms with Crippen LogP contribution in [0.25, 0.3) is 0 Å². The van der Waals surface area contributed by atoms with Gasteiger partial charge in [-0.1, -0.05) is 49.6 Å². The fourth-order valence-electron chi connectivity index (χ4n) is 3.86. The second-order valence-corrected chi connectivity index (χ2v) is 9.04. The number of benzene rings is 2. The molecule has 0 unspecified atom stereocenters. The number of thiocarbonyl (C=S) groups is 1. The van der Waals surface area contributed by atoms with Crippen LogP contribution in [0.2, 0.25) is 5.02 Å². The summed E-state index contributed by atoms with van der Waals surface area (Å²) in [5.74, 6) is -0.00886. The van der Waals surface area contributed by atoms with Crippen LogP contribution in [-0.4, -0.2) is 48.0 Å². The minimum absolute atomic E-state index is 0.0728. The number of anilines is 2. The first kappa shape index (κ1) is 25.0. The molecule has 0 spiro atoms. The van der Waals surface area contributed by atoms with Crippen LogP contribution in [0, 0.1) is 6.92 Å². The van der Waals surface area contributed by atoms with Gasteiger partial charge in [0, 0.05) is 43.9 Å². The van der Waals surface area contributed by atoms with Gasteiger partial charge in [0.2, 0.25) is 5.91 Å². The lowest BCUT2D eigenvalue weighted by molar-refractivity contribution is -0.119. The van der Waals surface area contributed by atoms with Gasteiger partial charge in [0.15, 0.2) is 5.11 Å². The van der Waals surface area contributed by atoms with Gasteiger partial charge in [0.05, 0.1) is 10.7 Å². The van der Waals surface area contributed by atoms with Crippen molar-refractivity contribution >= 4 is 52.1 Å². The van der Waals surface area contributed by atoms with Crippen LogP contribution in [0.4, 0.5) is 11.4 Å². The van der Waals surface area contributed by atoms with E-state index in [-0.39, 0.29) is 16.9 Å². The summed E-state index contributed by atoms with van der Waals surface area (Å²) in [6, 6.07) is 13.3.